The SMILES string of the molecule is COc1ccc(C(=O)NC23CC4CC(C2)CC(C(N)=O)(C4)C3)cc1. The fourth-order valence-corrected chi connectivity index (χ4v) is 5.75. The Balaban J connectivity index is 1.57. The lowest BCUT2D eigenvalue weighted by atomic mass is 9.46. The van der Waals surface area contributed by atoms with E-state index in [4.69, 9.17) is 10.5 Å². The second-order valence-electron chi connectivity index (χ2n) is 8.07. The predicted molar refractivity (Wildman–Crippen MR) is 89.5 cm³/mol. The smallest absolute Gasteiger partial charge is 0.251 e. The highest BCUT2D eigenvalue weighted by atomic mass is 16.5. The molecule has 0 heterocycles. The first kappa shape index (κ1) is 15.5. The van der Waals surface area contributed by atoms with E-state index in [1.54, 1.807) is 31.4 Å². The normalized spacial score (nSPS) is 36.4. The highest BCUT2D eigenvalue weighted by molar-refractivity contribution is 5.95. The van der Waals surface area contributed by atoms with Crippen LogP contribution in [-0.2, 0) is 4.79 Å². The summed E-state index contributed by atoms with van der Waals surface area (Å²) >= 11 is 0. The third kappa shape index (κ3) is 2.38. The van der Waals surface area contributed by atoms with Gasteiger partial charge in [0.15, 0.2) is 0 Å². The molecule has 4 aliphatic carbocycles. The third-order valence-corrected chi connectivity index (χ3v) is 6.31. The van der Waals surface area contributed by atoms with Crippen molar-refractivity contribution >= 4 is 11.8 Å². The molecule has 0 saturated heterocycles. The Labute approximate surface area is 141 Å². The summed E-state index contributed by atoms with van der Waals surface area (Å²) in [6.45, 7) is 0. The Morgan fingerprint density at radius 2 is 1.75 bits per heavy atom. The number of nitrogens with one attached hydrogen (secondary N) is 1. The van der Waals surface area contributed by atoms with Crippen molar-refractivity contribution in [3.63, 3.8) is 0 Å². The van der Waals surface area contributed by atoms with E-state index in [2.05, 4.69) is 5.32 Å². The van der Waals surface area contributed by atoms with Crippen molar-refractivity contribution in [2.24, 2.45) is 23.0 Å². The third-order valence-electron chi connectivity index (χ3n) is 6.31. The lowest BCUT2D eigenvalue weighted by Gasteiger charge is -2.61. The van der Waals surface area contributed by atoms with E-state index in [1.807, 2.05) is 0 Å². The van der Waals surface area contributed by atoms with E-state index in [9.17, 15) is 9.59 Å². The zero-order chi connectivity index (χ0) is 16.9. The van der Waals surface area contributed by atoms with Gasteiger partial charge < -0.3 is 15.8 Å². The van der Waals surface area contributed by atoms with E-state index in [0.29, 0.717) is 23.8 Å². The van der Waals surface area contributed by atoms with Gasteiger partial charge in [-0.15, -0.1) is 0 Å². The Bertz CT molecular complexity index is 668. The number of ether oxygens (including phenoxy) is 1. The molecule has 4 saturated carbocycles. The van der Waals surface area contributed by atoms with Crippen LogP contribution in [0.2, 0.25) is 0 Å². The molecule has 128 valence electrons. The molecule has 2 unspecified atom stereocenters. The Kier molecular flexibility index (Phi) is 3.37. The van der Waals surface area contributed by atoms with Crippen molar-refractivity contribution in [2.75, 3.05) is 7.11 Å². The van der Waals surface area contributed by atoms with Gasteiger partial charge in [-0.1, -0.05) is 0 Å². The lowest BCUT2D eigenvalue weighted by molar-refractivity contribution is -0.146. The first-order valence-electron chi connectivity index (χ1n) is 8.70. The van der Waals surface area contributed by atoms with Crippen LogP contribution < -0.4 is 15.8 Å². The molecule has 5 rings (SSSR count). The first-order valence-corrected chi connectivity index (χ1v) is 8.70. The predicted octanol–water partition coefficient (Wildman–Crippen LogP) is 2.25. The van der Waals surface area contributed by atoms with Crippen LogP contribution >= 0.6 is 0 Å². The lowest BCUT2D eigenvalue weighted by Crippen LogP contribution is -2.65. The number of hydrogen-bond donors (Lipinski definition) is 2. The summed E-state index contributed by atoms with van der Waals surface area (Å²) in [6, 6.07) is 7.13. The molecule has 0 spiro atoms. The zero-order valence-electron chi connectivity index (χ0n) is 14.0. The van der Waals surface area contributed by atoms with E-state index >= 15 is 0 Å². The first-order chi connectivity index (χ1) is 11.4. The van der Waals surface area contributed by atoms with Gasteiger partial charge in [0.2, 0.25) is 5.91 Å². The molecule has 3 N–H and O–H groups in total. The second kappa shape index (κ2) is 5.23. The molecule has 4 aliphatic rings. The van der Waals surface area contributed by atoms with Crippen LogP contribution in [0.25, 0.3) is 0 Å². The average Bonchev–Trinajstić information content (AvgIpc) is 2.53. The van der Waals surface area contributed by atoms with Crippen molar-refractivity contribution in [3.8, 4) is 5.75 Å². The molecule has 1 aromatic carbocycles. The Hall–Kier alpha value is -2.04. The topological polar surface area (TPSA) is 81.4 Å². The van der Waals surface area contributed by atoms with Crippen LogP contribution in [0, 0.1) is 17.3 Å². The molecule has 0 aliphatic heterocycles. The molecular formula is C19H24N2O3. The second-order valence-corrected chi connectivity index (χ2v) is 8.07. The minimum Gasteiger partial charge on any atom is -0.497 e. The van der Waals surface area contributed by atoms with E-state index in [0.717, 1.165) is 31.4 Å². The number of benzene rings is 1. The van der Waals surface area contributed by atoms with Crippen LogP contribution in [0.3, 0.4) is 0 Å². The van der Waals surface area contributed by atoms with E-state index in [1.165, 1.54) is 6.42 Å². The van der Waals surface area contributed by atoms with Crippen molar-refractivity contribution in [3.05, 3.63) is 29.8 Å². The fraction of sp³-hybridized carbons (Fsp3) is 0.579. The van der Waals surface area contributed by atoms with Crippen LogP contribution in [0.1, 0.15) is 48.9 Å². The van der Waals surface area contributed by atoms with Gasteiger partial charge in [0, 0.05) is 11.1 Å². The summed E-state index contributed by atoms with van der Waals surface area (Å²) in [6.07, 6.45) is 5.62. The van der Waals surface area contributed by atoms with Gasteiger partial charge in [-0.05, 0) is 74.6 Å². The maximum atomic E-state index is 12.7. The van der Waals surface area contributed by atoms with Gasteiger partial charge in [0.1, 0.15) is 5.75 Å². The van der Waals surface area contributed by atoms with E-state index in [-0.39, 0.29) is 17.4 Å². The molecule has 24 heavy (non-hydrogen) atoms. The molecule has 5 nitrogen and oxygen atoms in total. The summed E-state index contributed by atoms with van der Waals surface area (Å²) in [7, 11) is 1.60. The molecule has 2 amide bonds. The number of hydrogen-bond acceptors (Lipinski definition) is 3. The summed E-state index contributed by atoms with van der Waals surface area (Å²) in [5.74, 6) is 1.50. The zero-order valence-corrected chi connectivity index (χ0v) is 14.0. The van der Waals surface area contributed by atoms with Crippen LogP contribution in [0.4, 0.5) is 0 Å². The molecule has 0 radical (unpaired) electrons. The van der Waals surface area contributed by atoms with Gasteiger partial charge in [-0.2, -0.15) is 0 Å². The monoisotopic (exact) mass is 328 g/mol. The number of carbonyl (C=O) groups excluding carboxylic acids is 2. The minimum atomic E-state index is -0.405. The highest BCUT2D eigenvalue weighted by Crippen LogP contribution is 2.61. The molecule has 5 heteroatoms. The maximum Gasteiger partial charge on any atom is 0.251 e. The summed E-state index contributed by atoms with van der Waals surface area (Å²) in [5, 5.41) is 3.27. The van der Waals surface area contributed by atoms with Crippen molar-refractivity contribution in [2.45, 2.75) is 44.1 Å². The summed E-state index contributed by atoms with van der Waals surface area (Å²) in [5.41, 5.74) is 5.71. The number of amides is 2. The molecule has 4 fully saturated rings. The summed E-state index contributed by atoms with van der Waals surface area (Å²) < 4.78 is 5.14. The number of methoxy groups -OCH3 is 1. The molecular weight excluding hydrogens is 304 g/mol. The number of nitrogens with two attached hydrogens (primary N) is 1. The largest absolute Gasteiger partial charge is 0.497 e. The standard InChI is InChI=1S/C19H24N2O3/c1-24-15-4-2-14(3-5-15)16(22)21-19-9-12-6-13(10-19)8-18(7-12,11-19)17(20)23/h2-5,12-13H,6-11H2,1H3,(H2,20,23)(H,21,22). The van der Waals surface area contributed by atoms with Gasteiger partial charge >= 0.3 is 0 Å². The maximum absolute atomic E-state index is 12.7. The Morgan fingerprint density at radius 3 is 2.29 bits per heavy atom. The Morgan fingerprint density at radius 1 is 1.12 bits per heavy atom. The van der Waals surface area contributed by atoms with Crippen LogP contribution in [0.5, 0.6) is 5.75 Å². The van der Waals surface area contributed by atoms with Gasteiger partial charge in [0.25, 0.3) is 5.91 Å². The molecule has 0 aromatic heterocycles. The highest BCUT2D eigenvalue weighted by Gasteiger charge is 2.60. The van der Waals surface area contributed by atoms with Gasteiger partial charge in [0.05, 0.1) is 12.5 Å². The van der Waals surface area contributed by atoms with Crippen molar-refractivity contribution in [1.29, 1.82) is 0 Å². The van der Waals surface area contributed by atoms with E-state index < -0.39 is 5.41 Å². The van der Waals surface area contributed by atoms with Gasteiger partial charge in [-0.3, -0.25) is 9.59 Å². The average molecular weight is 328 g/mol. The van der Waals surface area contributed by atoms with Crippen molar-refractivity contribution in [1.82, 2.24) is 5.32 Å². The van der Waals surface area contributed by atoms with Crippen molar-refractivity contribution < 1.29 is 14.3 Å². The minimum absolute atomic E-state index is 0.0702. The van der Waals surface area contributed by atoms with Crippen LogP contribution in [-0.4, -0.2) is 24.5 Å². The molecule has 2 atom stereocenters. The number of rotatable bonds is 4. The number of carbonyl (C=O) groups is 2. The summed E-state index contributed by atoms with van der Waals surface area (Å²) in [4.78, 5) is 24.9. The fourth-order valence-electron chi connectivity index (χ4n) is 5.75. The molecule has 4 bridgehead atoms. The van der Waals surface area contributed by atoms with Gasteiger partial charge in [-0.25, -0.2) is 0 Å². The molecule has 1 aromatic rings. The number of primary amides is 1. The quantitative estimate of drug-likeness (QED) is 0.889. The van der Waals surface area contributed by atoms with Crippen LogP contribution in [0.15, 0.2) is 24.3 Å².